The molecule has 1 saturated heterocycles. The fraction of sp³-hybridized carbons (Fsp3) is 0.600. The molecule has 0 aromatic carbocycles. The van der Waals surface area contributed by atoms with E-state index in [0.717, 1.165) is 49.9 Å². The molecule has 2 aromatic rings. The Bertz CT molecular complexity index is 658. The third-order valence-electron chi connectivity index (χ3n) is 4.18. The van der Waals surface area contributed by atoms with Crippen molar-refractivity contribution in [1.29, 1.82) is 0 Å². The van der Waals surface area contributed by atoms with Gasteiger partial charge in [0.2, 0.25) is 5.13 Å². The van der Waals surface area contributed by atoms with Crippen molar-refractivity contribution >= 4 is 22.6 Å². The zero-order valence-electron chi connectivity index (χ0n) is 13.5. The number of carbonyl (C=O) groups is 1. The van der Waals surface area contributed by atoms with Gasteiger partial charge in [0.15, 0.2) is 0 Å². The van der Waals surface area contributed by atoms with Crippen LogP contribution in [0.5, 0.6) is 0 Å². The lowest BCUT2D eigenvalue weighted by atomic mass is 9.97. The first-order chi connectivity index (χ1) is 11.2. The van der Waals surface area contributed by atoms with Crippen LogP contribution in [-0.4, -0.2) is 44.7 Å². The van der Waals surface area contributed by atoms with Gasteiger partial charge in [0, 0.05) is 50.8 Å². The van der Waals surface area contributed by atoms with Crippen LogP contribution < -0.4 is 10.2 Å². The van der Waals surface area contributed by atoms with E-state index in [-0.39, 0.29) is 5.91 Å². The van der Waals surface area contributed by atoms with Crippen molar-refractivity contribution in [2.24, 2.45) is 13.0 Å². The van der Waals surface area contributed by atoms with Gasteiger partial charge in [-0.25, -0.2) is 4.98 Å². The Balaban J connectivity index is 1.45. The zero-order valence-corrected chi connectivity index (χ0v) is 14.3. The molecule has 0 saturated carbocycles. The highest BCUT2D eigenvalue weighted by atomic mass is 32.1. The molecule has 3 rings (SSSR count). The molecule has 7 nitrogen and oxygen atoms in total. The molecule has 0 aliphatic carbocycles. The molecule has 124 valence electrons. The van der Waals surface area contributed by atoms with Gasteiger partial charge >= 0.3 is 0 Å². The molecule has 2 aromatic heterocycles. The summed E-state index contributed by atoms with van der Waals surface area (Å²) in [6.45, 7) is 4.75. The number of anilines is 1. The maximum absolute atomic E-state index is 12.0. The van der Waals surface area contributed by atoms with E-state index in [0.29, 0.717) is 11.5 Å². The van der Waals surface area contributed by atoms with Crippen LogP contribution in [0.1, 0.15) is 35.9 Å². The van der Waals surface area contributed by atoms with Crippen LogP contribution in [0.15, 0.2) is 12.4 Å². The predicted molar refractivity (Wildman–Crippen MR) is 89.8 cm³/mol. The minimum Gasteiger partial charge on any atom is -0.352 e. The predicted octanol–water partition coefficient (Wildman–Crippen LogP) is 1.48. The monoisotopic (exact) mass is 334 g/mol. The lowest BCUT2D eigenvalue weighted by Gasteiger charge is -2.31. The average Bonchev–Trinajstić information content (AvgIpc) is 3.22. The topological polar surface area (TPSA) is 75.9 Å². The van der Waals surface area contributed by atoms with E-state index in [1.165, 1.54) is 11.5 Å². The number of rotatable bonds is 5. The third-order valence-corrected chi connectivity index (χ3v) is 4.99. The highest BCUT2D eigenvalue weighted by Gasteiger charge is 2.22. The Morgan fingerprint density at radius 2 is 2.22 bits per heavy atom. The molecule has 1 N–H and O–H groups in total. The number of nitrogens with zero attached hydrogens (tertiary/aromatic N) is 5. The lowest BCUT2D eigenvalue weighted by Crippen LogP contribution is -2.38. The summed E-state index contributed by atoms with van der Waals surface area (Å²) in [5, 5.41) is 8.06. The maximum atomic E-state index is 12.0. The number of piperidine rings is 1. The summed E-state index contributed by atoms with van der Waals surface area (Å²) in [6.07, 6.45) is 6.34. The van der Waals surface area contributed by atoms with Gasteiger partial charge in [-0.3, -0.25) is 9.48 Å². The van der Waals surface area contributed by atoms with Crippen molar-refractivity contribution in [1.82, 2.24) is 24.5 Å². The van der Waals surface area contributed by atoms with Crippen LogP contribution in [0, 0.1) is 5.92 Å². The second kappa shape index (κ2) is 7.08. The van der Waals surface area contributed by atoms with Crippen molar-refractivity contribution in [2.45, 2.75) is 26.2 Å². The molecule has 0 spiro atoms. The second-order valence-electron chi connectivity index (χ2n) is 5.89. The highest BCUT2D eigenvalue weighted by Crippen LogP contribution is 2.24. The van der Waals surface area contributed by atoms with E-state index >= 15 is 0 Å². The van der Waals surface area contributed by atoms with Gasteiger partial charge in [-0.1, -0.05) is 6.92 Å². The van der Waals surface area contributed by atoms with Crippen molar-refractivity contribution in [3.05, 3.63) is 23.8 Å². The Labute approximate surface area is 139 Å². The third kappa shape index (κ3) is 3.87. The number of hydrogen-bond acceptors (Lipinski definition) is 6. The van der Waals surface area contributed by atoms with Crippen LogP contribution in [0.3, 0.4) is 0 Å². The average molecular weight is 334 g/mol. The Morgan fingerprint density at radius 3 is 2.83 bits per heavy atom. The van der Waals surface area contributed by atoms with E-state index in [1.54, 1.807) is 17.1 Å². The standard InChI is InChI=1S/C15H22N6OS/c1-3-13-18-15(23-19-13)21-6-4-11(5-7-21)8-16-14(22)12-9-17-20(2)10-12/h9-11H,3-8H2,1-2H3,(H,16,22). The van der Waals surface area contributed by atoms with E-state index in [2.05, 4.69) is 31.6 Å². The molecular weight excluding hydrogens is 312 g/mol. The van der Waals surface area contributed by atoms with Crippen molar-refractivity contribution in [3.8, 4) is 0 Å². The van der Waals surface area contributed by atoms with Gasteiger partial charge in [-0.2, -0.15) is 9.47 Å². The van der Waals surface area contributed by atoms with E-state index in [9.17, 15) is 4.79 Å². The minimum atomic E-state index is -0.0442. The summed E-state index contributed by atoms with van der Waals surface area (Å²) in [5.74, 6) is 1.40. The first-order valence-electron chi connectivity index (χ1n) is 8.00. The van der Waals surface area contributed by atoms with Gasteiger partial charge in [0.05, 0.1) is 11.8 Å². The molecule has 0 radical (unpaired) electrons. The second-order valence-corrected chi connectivity index (χ2v) is 6.62. The molecule has 1 aliphatic heterocycles. The normalized spacial score (nSPS) is 15.8. The van der Waals surface area contributed by atoms with E-state index in [1.807, 2.05) is 7.05 Å². The minimum absolute atomic E-state index is 0.0442. The Kier molecular flexibility index (Phi) is 4.90. The molecule has 1 aliphatic rings. The summed E-state index contributed by atoms with van der Waals surface area (Å²) < 4.78 is 5.99. The number of aromatic nitrogens is 4. The van der Waals surface area contributed by atoms with Crippen molar-refractivity contribution in [3.63, 3.8) is 0 Å². The summed E-state index contributed by atoms with van der Waals surface area (Å²) in [6, 6.07) is 0. The van der Waals surface area contributed by atoms with Gasteiger partial charge in [0.1, 0.15) is 5.82 Å². The molecular formula is C15H22N6OS. The van der Waals surface area contributed by atoms with Crippen molar-refractivity contribution in [2.75, 3.05) is 24.5 Å². The number of carbonyl (C=O) groups excluding carboxylic acids is 1. The van der Waals surface area contributed by atoms with Crippen LogP contribution in [0.2, 0.25) is 0 Å². The molecule has 1 fully saturated rings. The lowest BCUT2D eigenvalue weighted by molar-refractivity contribution is 0.0945. The molecule has 23 heavy (non-hydrogen) atoms. The maximum Gasteiger partial charge on any atom is 0.254 e. The first-order valence-corrected chi connectivity index (χ1v) is 8.77. The molecule has 0 unspecified atom stereocenters. The van der Waals surface area contributed by atoms with Crippen LogP contribution in [0.25, 0.3) is 0 Å². The molecule has 8 heteroatoms. The molecule has 3 heterocycles. The number of aryl methyl sites for hydroxylation is 2. The number of nitrogens with one attached hydrogen (secondary N) is 1. The quantitative estimate of drug-likeness (QED) is 0.896. The summed E-state index contributed by atoms with van der Waals surface area (Å²) >= 11 is 1.49. The highest BCUT2D eigenvalue weighted by molar-refractivity contribution is 7.09. The molecule has 1 amide bonds. The summed E-state index contributed by atoms with van der Waals surface area (Å²) in [7, 11) is 1.81. The Hall–Kier alpha value is -1.96. The van der Waals surface area contributed by atoms with Crippen LogP contribution in [-0.2, 0) is 13.5 Å². The fourth-order valence-electron chi connectivity index (χ4n) is 2.72. The largest absolute Gasteiger partial charge is 0.352 e. The summed E-state index contributed by atoms with van der Waals surface area (Å²) in [5.41, 5.74) is 0.617. The zero-order chi connectivity index (χ0) is 16.2. The number of hydrogen-bond donors (Lipinski definition) is 1. The Morgan fingerprint density at radius 1 is 1.43 bits per heavy atom. The van der Waals surface area contributed by atoms with E-state index in [4.69, 9.17) is 0 Å². The molecule has 0 bridgehead atoms. The van der Waals surface area contributed by atoms with Crippen LogP contribution >= 0.6 is 11.5 Å². The smallest absolute Gasteiger partial charge is 0.254 e. The van der Waals surface area contributed by atoms with Gasteiger partial charge in [0.25, 0.3) is 5.91 Å². The van der Waals surface area contributed by atoms with Crippen molar-refractivity contribution < 1.29 is 4.79 Å². The van der Waals surface area contributed by atoms with Gasteiger partial charge < -0.3 is 10.2 Å². The molecule has 0 atom stereocenters. The first kappa shape index (κ1) is 15.9. The van der Waals surface area contributed by atoms with Gasteiger partial charge in [-0.15, -0.1) is 0 Å². The van der Waals surface area contributed by atoms with Gasteiger partial charge in [-0.05, 0) is 18.8 Å². The van der Waals surface area contributed by atoms with Crippen LogP contribution in [0.4, 0.5) is 5.13 Å². The number of amides is 1. The van der Waals surface area contributed by atoms with E-state index < -0.39 is 0 Å². The fourth-order valence-corrected chi connectivity index (χ4v) is 3.52. The SMILES string of the molecule is CCc1nsc(N2CCC(CNC(=O)c3cnn(C)c3)CC2)n1. The summed E-state index contributed by atoms with van der Waals surface area (Å²) in [4.78, 5) is 18.9.